The van der Waals surface area contributed by atoms with Crippen LogP contribution < -0.4 is 15.1 Å². The van der Waals surface area contributed by atoms with Gasteiger partial charge in [-0.15, -0.1) is 0 Å². The smallest absolute Gasteiger partial charge is 0.295 e. The summed E-state index contributed by atoms with van der Waals surface area (Å²) >= 11 is 0. The summed E-state index contributed by atoms with van der Waals surface area (Å²) < 4.78 is 25.9. The topological polar surface area (TPSA) is 59.8 Å². The lowest BCUT2D eigenvalue weighted by molar-refractivity contribution is 0.0971. The Bertz CT molecular complexity index is 1480. The van der Waals surface area contributed by atoms with E-state index >= 15 is 0 Å². The molecule has 0 fully saturated rings. The second-order valence-electron chi connectivity index (χ2n) is 9.04. The molecule has 1 aliphatic rings. The number of aryl methyl sites for hydroxylation is 1. The lowest BCUT2D eigenvalue weighted by Gasteiger charge is -2.25. The molecule has 3 aromatic carbocycles. The number of carbonyl (C=O) groups excluding carboxylic acids is 1. The number of carbonyl (C=O) groups is 1. The van der Waals surface area contributed by atoms with Crippen LogP contribution in [0, 0.1) is 5.82 Å². The van der Waals surface area contributed by atoms with Crippen molar-refractivity contribution in [3.63, 3.8) is 0 Å². The Morgan fingerprint density at radius 1 is 0.972 bits per heavy atom. The number of nitrogens with zero attached hydrogens (tertiary/aromatic N) is 1. The number of benzene rings is 3. The number of amides is 1. The second-order valence-corrected chi connectivity index (χ2v) is 9.04. The van der Waals surface area contributed by atoms with Gasteiger partial charge in [0.15, 0.2) is 5.43 Å². The molecule has 1 unspecified atom stereocenters. The van der Waals surface area contributed by atoms with Crippen molar-refractivity contribution >= 4 is 22.6 Å². The van der Waals surface area contributed by atoms with Crippen LogP contribution in [0.15, 0.2) is 75.9 Å². The summed E-state index contributed by atoms with van der Waals surface area (Å²) in [6, 6.07) is 18.2. The van der Waals surface area contributed by atoms with Gasteiger partial charge in [-0.25, -0.2) is 4.39 Å². The number of unbranched alkanes of at least 4 members (excludes halogenated alkanes) is 2. The maximum Gasteiger partial charge on any atom is 0.295 e. The van der Waals surface area contributed by atoms with Crippen molar-refractivity contribution in [2.75, 3.05) is 11.5 Å². The molecule has 2 heterocycles. The van der Waals surface area contributed by atoms with E-state index < -0.39 is 23.2 Å². The molecule has 0 radical (unpaired) electrons. The summed E-state index contributed by atoms with van der Waals surface area (Å²) in [5.41, 5.74) is 2.49. The van der Waals surface area contributed by atoms with Gasteiger partial charge in [0.25, 0.3) is 5.91 Å². The molecule has 1 aromatic heterocycles. The van der Waals surface area contributed by atoms with Crippen molar-refractivity contribution in [3.05, 3.63) is 105 Å². The average Bonchev–Trinajstić information content (AvgIpc) is 3.19. The second kappa shape index (κ2) is 9.97. The number of rotatable bonds is 8. The van der Waals surface area contributed by atoms with Crippen LogP contribution in [0.1, 0.15) is 66.4 Å². The quantitative estimate of drug-likeness (QED) is 0.257. The van der Waals surface area contributed by atoms with E-state index in [1.807, 2.05) is 48.5 Å². The van der Waals surface area contributed by atoms with Gasteiger partial charge >= 0.3 is 0 Å². The zero-order chi connectivity index (χ0) is 25.2. The Morgan fingerprint density at radius 2 is 1.78 bits per heavy atom. The standard InChI is InChI=1S/C30H28FNO4/c1-3-5-6-16-35-23-9-7-8-20(17-23)27-26-28(33)24-18-21(31)12-15-25(24)36-29(26)30(34)32(27)22-13-10-19(4-2)11-14-22/h7-15,17-18,27H,3-6,16H2,1-2H3. The Balaban J connectivity index is 1.66. The molecule has 5 rings (SSSR count). The Kier molecular flexibility index (Phi) is 6.59. The van der Waals surface area contributed by atoms with Crippen molar-refractivity contribution < 1.29 is 18.3 Å². The molecule has 1 atom stereocenters. The van der Waals surface area contributed by atoms with E-state index in [2.05, 4.69) is 13.8 Å². The zero-order valence-electron chi connectivity index (χ0n) is 20.4. The van der Waals surface area contributed by atoms with Crippen molar-refractivity contribution in [1.29, 1.82) is 0 Å². The van der Waals surface area contributed by atoms with Crippen LogP contribution in [0.5, 0.6) is 5.75 Å². The van der Waals surface area contributed by atoms with E-state index in [4.69, 9.17) is 9.15 Å². The van der Waals surface area contributed by atoms with Crippen LogP contribution in [0.25, 0.3) is 11.0 Å². The maximum absolute atomic E-state index is 14.0. The predicted octanol–water partition coefficient (Wildman–Crippen LogP) is 6.81. The SMILES string of the molecule is CCCCCOc1cccc(C2c3c(oc4ccc(F)cc4c3=O)C(=O)N2c2ccc(CC)cc2)c1. The summed E-state index contributed by atoms with van der Waals surface area (Å²) in [5, 5.41) is 0.113. The van der Waals surface area contributed by atoms with Crippen LogP contribution in [0.2, 0.25) is 0 Å². The first-order valence-corrected chi connectivity index (χ1v) is 12.4. The van der Waals surface area contributed by atoms with Gasteiger partial charge in [0.2, 0.25) is 5.76 Å². The lowest BCUT2D eigenvalue weighted by Crippen LogP contribution is -2.29. The van der Waals surface area contributed by atoms with Gasteiger partial charge < -0.3 is 9.15 Å². The number of ether oxygens (including phenoxy) is 1. The van der Waals surface area contributed by atoms with E-state index in [0.717, 1.165) is 42.9 Å². The number of halogens is 1. The maximum atomic E-state index is 14.0. The molecular weight excluding hydrogens is 457 g/mol. The third-order valence-electron chi connectivity index (χ3n) is 6.65. The third-order valence-corrected chi connectivity index (χ3v) is 6.65. The first-order chi connectivity index (χ1) is 17.5. The highest BCUT2D eigenvalue weighted by Crippen LogP contribution is 2.42. The fourth-order valence-corrected chi connectivity index (χ4v) is 4.74. The van der Waals surface area contributed by atoms with Crippen LogP contribution in [-0.4, -0.2) is 12.5 Å². The van der Waals surface area contributed by atoms with Gasteiger partial charge in [-0.2, -0.15) is 0 Å². The first kappa shape index (κ1) is 23.8. The molecule has 0 aliphatic carbocycles. The lowest BCUT2D eigenvalue weighted by atomic mass is 9.98. The molecule has 0 spiro atoms. The molecular formula is C30H28FNO4. The monoisotopic (exact) mass is 485 g/mol. The van der Waals surface area contributed by atoms with E-state index in [0.29, 0.717) is 18.0 Å². The Morgan fingerprint density at radius 3 is 2.53 bits per heavy atom. The molecule has 0 bridgehead atoms. The van der Waals surface area contributed by atoms with Crippen LogP contribution in [-0.2, 0) is 6.42 Å². The van der Waals surface area contributed by atoms with E-state index in [-0.39, 0.29) is 22.3 Å². The molecule has 6 heteroatoms. The number of hydrogen-bond donors (Lipinski definition) is 0. The summed E-state index contributed by atoms with van der Waals surface area (Å²) in [5.74, 6) is -0.290. The fraction of sp³-hybridized carbons (Fsp3) is 0.267. The zero-order valence-corrected chi connectivity index (χ0v) is 20.4. The van der Waals surface area contributed by atoms with Gasteiger partial charge in [0.1, 0.15) is 17.1 Å². The molecule has 0 N–H and O–H groups in total. The minimum Gasteiger partial charge on any atom is -0.494 e. The van der Waals surface area contributed by atoms with Crippen molar-refractivity contribution in [2.45, 2.75) is 45.6 Å². The van der Waals surface area contributed by atoms with Crippen LogP contribution in [0.3, 0.4) is 0 Å². The summed E-state index contributed by atoms with van der Waals surface area (Å²) in [7, 11) is 0. The molecule has 1 aliphatic heterocycles. The third kappa shape index (κ3) is 4.28. The number of hydrogen-bond acceptors (Lipinski definition) is 4. The van der Waals surface area contributed by atoms with Gasteiger partial charge in [-0.05, 0) is 66.4 Å². The van der Waals surface area contributed by atoms with Crippen LogP contribution in [0.4, 0.5) is 10.1 Å². The van der Waals surface area contributed by atoms with E-state index in [9.17, 15) is 14.0 Å². The van der Waals surface area contributed by atoms with Gasteiger partial charge in [-0.1, -0.05) is 51.0 Å². The predicted molar refractivity (Wildman–Crippen MR) is 138 cm³/mol. The highest BCUT2D eigenvalue weighted by molar-refractivity contribution is 6.10. The molecule has 0 saturated heterocycles. The first-order valence-electron chi connectivity index (χ1n) is 12.4. The van der Waals surface area contributed by atoms with Gasteiger partial charge in [0.05, 0.1) is 23.6 Å². The molecule has 36 heavy (non-hydrogen) atoms. The van der Waals surface area contributed by atoms with Crippen LogP contribution >= 0.6 is 0 Å². The number of fused-ring (bicyclic) bond motifs is 2. The highest BCUT2D eigenvalue weighted by Gasteiger charge is 2.43. The van der Waals surface area contributed by atoms with Gasteiger partial charge in [-0.3, -0.25) is 14.5 Å². The normalized spacial score (nSPS) is 14.9. The molecule has 1 amide bonds. The summed E-state index contributed by atoms with van der Waals surface area (Å²) in [6.07, 6.45) is 3.99. The minimum atomic E-state index is -0.733. The summed E-state index contributed by atoms with van der Waals surface area (Å²) in [6.45, 7) is 4.79. The average molecular weight is 486 g/mol. The molecule has 0 saturated carbocycles. The fourth-order valence-electron chi connectivity index (χ4n) is 4.74. The van der Waals surface area contributed by atoms with Crippen molar-refractivity contribution in [3.8, 4) is 5.75 Å². The highest BCUT2D eigenvalue weighted by atomic mass is 19.1. The number of anilines is 1. The summed E-state index contributed by atoms with van der Waals surface area (Å²) in [4.78, 5) is 29.0. The molecule has 184 valence electrons. The largest absolute Gasteiger partial charge is 0.494 e. The molecule has 4 aromatic rings. The molecule has 5 nitrogen and oxygen atoms in total. The van der Waals surface area contributed by atoms with Crippen molar-refractivity contribution in [2.24, 2.45) is 0 Å². The van der Waals surface area contributed by atoms with Crippen molar-refractivity contribution in [1.82, 2.24) is 0 Å². The van der Waals surface area contributed by atoms with E-state index in [1.54, 1.807) is 4.90 Å². The van der Waals surface area contributed by atoms with E-state index in [1.165, 1.54) is 12.1 Å². The van der Waals surface area contributed by atoms with Gasteiger partial charge in [0, 0.05) is 5.69 Å². The Hall–Kier alpha value is -3.93. The minimum absolute atomic E-state index is 0.0158. The Labute approximate surface area is 209 Å².